The molecule has 0 unspecified atom stereocenters. The van der Waals surface area contributed by atoms with Crippen molar-refractivity contribution in [2.24, 2.45) is 0 Å². The highest BCUT2D eigenvalue weighted by molar-refractivity contribution is 7.22. The van der Waals surface area contributed by atoms with Crippen LogP contribution in [0.25, 0.3) is 10.2 Å². The van der Waals surface area contributed by atoms with Crippen molar-refractivity contribution in [1.29, 1.82) is 0 Å². The fourth-order valence-electron chi connectivity index (χ4n) is 3.02. The second kappa shape index (κ2) is 7.36. The maximum absolute atomic E-state index is 12.6. The lowest BCUT2D eigenvalue weighted by molar-refractivity contribution is 0.102. The van der Waals surface area contributed by atoms with Gasteiger partial charge in [0.2, 0.25) is 0 Å². The molecule has 1 N–H and O–H groups in total. The minimum Gasteiger partial charge on any atom is -0.296 e. The number of anilines is 1. The number of aryl methyl sites for hydroxylation is 2. The molecule has 0 aliphatic carbocycles. The molecule has 0 radical (unpaired) electrons. The van der Waals surface area contributed by atoms with Crippen molar-refractivity contribution < 1.29 is 4.79 Å². The van der Waals surface area contributed by atoms with Crippen molar-refractivity contribution in [2.45, 2.75) is 20.4 Å². The van der Waals surface area contributed by atoms with Gasteiger partial charge in [-0.2, -0.15) is 5.10 Å². The van der Waals surface area contributed by atoms with Crippen LogP contribution in [0.2, 0.25) is 0 Å². The zero-order valence-corrected chi connectivity index (χ0v) is 16.3. The summed E-state index contributed by atoms with van der Waals surface area (Å²) in [5, 5.41) is 7.52. The van der Waals surface area contributed by atoms with Gasteiger partial charge in [-0.3, -0.25) is 14.9 Å². The van der Waals surface area contributed by atoms with Gasteiger partial charge < -0.3 is 0 Å². The van der Waals surface area contributed by atoms with Crippen LogP contribution in [0.4, 0.5) is 5.13 Å². The predicted octanol–water partition coefficient (Wildman–Crippen LogP) is 3.77. The number of thiazole rings is 1. The van der Waals surface area contributed by atoms with Crippen molar-refractivity contribution in [1.82, 2.24) is 14.8 Å². The van der Waals surface area contributed by atoms with Crippen LogP contribution in [0.3, 0.4) is 0 Å². The van der Waals surface area contributed by atoms with E-state index in [0.717, 1.165) is 26.9 Å². The largest absolute Gasteiger partial charge is 0.296 e. The monoisotopic (exact) mass is 390 g/mol. The number of hydrogen-bond acceptors (Lipinski definition) is 5. The van der Waals surface area contributed by atoms with Crippen LogP contribution in [0.5, 0.6) is 0 Å². The normalized spacial score (nSPS) is 10.9. The third-order valence-electron chi connectivity index (χ3n) is 4.32. The van der Waals surface area contributed by atoms with Crippen LogP contribution < -0.4 is 10.9 Å². The Morgan fingerprint density at radius 2 is 1.89 bits per heavy atom. The first-order chi connectivity index (χ1) is 13.5. The third kappa shape index (κ3) is 3.70. The first-order valence-corrected chi connectivity index (χ1v) is 9.62. The molecule has 2 aromatic heterocycles. The number of nitrogens with zero attached hydrogens (tertiary/aromatic N) is 3. The van der Waals surface area contributed by atoms with E-state index in [0.29, 0.717) is 11.7 Å². The van der Waals surface area contributed by atoms with Crippen LogP contribution in [0.15, 0.2) is 59.4 Å². The number of nitrogens with one attached hydrogen (secondary N) is 1. The fraction of sp³-hybridized carbons (Fsp3) is 0.143. The van der Waals surface area contributed by atoms with Crippen LogP contribution >= 0.6 is 11.3 Å². The van der Waals surface area contributed by atoms with Crippen molar-refractivity contribution >= 4 is 32.6 Å². The van der Waals surface area contributed by atoms with Gasteiger partial charge in [-0.15, -0.1) is 0 Å². The second-order valence-electron chi connectivity index (χ2n) is 6.60. The first-order valence-electron chi connectivity index (χ1n) is 8.81. The van der Waals surface area contributed by atoms with Gasteiger partial charge >= 0.3 is 0 Å². The maximum Gasteiger partial charge on any atom is 0.277 e. The molecule has 0 spiro atoms. The summed E-state index contributed by atoms with van der Waals surface area (Å²) in [5.41, 5.74) is 3.95. The van der Waals surface area contributed by atoms with Gasteiger partial charge in [0.05, 0.1) is 16.8 Å². The molecule has 2 aromatic carbocycles. The molecule has 2 heterocycles. The molecule has 0 fully saturated rings. The summed E-state index contributed by atoms with van der Waals surface area (Å²) in [4.78, 5) is 29.3. The molecule has 4 aromatic rings. The average Bonchev–Trinajstić information content (AvgIpc) is 3.07. The number of fused-ring (bicyclic) bond motifs is 1. The van der Waals surface area contributed by atoms with E-state index in [-0.39, 0.29) is 11.3 Å². The average molecular weight is 390 g/mol. The summed E-state index contributed by atoms with van der Waals surface area (Å²) in [6.45, 7) is 4.34. The molecule has 0 saturated carbocycles. The summed E-state index contributed by atoms with van der Waals surface area (Å²) in [5.74, 6) is -0.393. The van der Waals surface area contributed by atoms with Gasteiger partial charge in [-0.1, -0.05) is 47.7 Å². The number of benzene rings is 2. The third-order valence-corrected chi connectivity index (χ3v) is 5.24. The lowest BCUT2D eigenvalue weighted by atomic mass is 10.1. The second-order valence-corrected chi connectivity index (χ2v) is 7.63. The Bertz CT molecular complexity index is 1230. The molecule has 0 aliphatic rings. The van der Waals surface area contributed by atoms with Crippen LogP contribution in [0.1, 0.15) is 27.2 Å². The molecular weight excluding hydrogens is 372 g/mol. The van der Waals surface area contributed by atoms with Gasteiger partial charge in [0.1, 0.15) is 5.69 Å². The van der Waals surface area contributed by atoms with E-state index >= 15 is 0 Å². The standard InChI is InChI=1S/C21H18N4O2S/c1-13-10-14(2)19-17(11-13)28-21(22-19)23-20(27)16-8-9-18(26)25(24-16)12-15-6-4-3-5-7-15/h3-11H,12H2,1-2H3,(H,22,23,27). The minimum absolute atomic E-state index is 0.169. The molecule has 140 valence electrons. The topological polar surface area (TPSA) is 76.9 Å². The molecule has 4 rings (SSSR count). The SMILES string of the molecule is Cc1cc(C)c2nc(NC(=O)c3ccc(=O)n(Cc4ccccc4)n3)sc2c1. The highest BCUT2D eigenvalue weighted by Crippen LogP contribution is 2.29. The predicted molar refractivity (Wildman–Crippen MR) is 111 cm³/mol. The minimum atomic E-state index is -0.393. The van der Waals surface area contributed by atoms with Gasteiger partial charge in [0.15, 0.2) is 5.13 Å². The number of hydrogen-bond donors (Lipinski definition) is 1. The summed E-state index contributed by atoms with van der Waals surface area (Å²) < 4.78 is 2.31. The smallest absolute Gasteiger partial charge is 0.277 e. The summed E-state index contributed by atoms with van der Waals surface area (Å²) in [6.07, 6.45) is 0. The Morgan fingerprint density at radius 3 is 2.68 bits per heavy atom. The number of carbonyl (C=O) groups is 1. The van der Waals surface area contributed by atoms with E-state index < -0.39 is 5.91 Å². The molecule has 28 heavy (non-hydrogen) atoms. The highest BCUT2D eigenvalue weighted by Gasteiger charge is 2.14. The zero-order chi connectivity index (χ0) is 19.7. The van der Waals surface area contributed by atoms with E-state index in [1.165, 1.54) is 28.2 Å². The summed E-state index contributed by atoms with van der Waals surface area (Å²) >= 11 is 1.42. The van der Waals surface area contributed by atoms with Crippen LogP contribution in [-0.4, -0.2) is 20.7 Å². The zero-order valence-electron chi connectivity index (χ0n) is 15.5. The quantitative estimate of drug-likeness (QED) is 0.575. The Hall–Kier alpha value is -3.32. The van der Waals surface area contributed by atoms with E-state index in [4.69, 9.17) is 0 Å². The van der Waals surface area contributed by atoms with E-state index in [1.54, 1.807) is 0 Å². The lowest BCUT2D eigenvalue weighted by Crippen LogP contribution is -2.26. The van der Waals surface area contributed by atoms with Crippen molar-refractivity contribution in [3.8, 4) is 0 Å². The lowest BCUT2D eigenvalue weighted by Gasteiger charge is -2.07. The molecule has 0 saturated heterocycles. The number of amides is 1. The van der Waals surface area contributed by atoms with E-state index in [2.05, 4.69) is 21.5 Å². The maximum atomic E-state index is 12.6. The van der Waals surface area contributed by atoms with Crippen LogP contribution in [-0.2, 0) is 6.54 Å². The van der Waals surface area contributed by atoms with Gasteiger partial charge in [-0.25, -0.2) is 9.67 Å². The Labute approximate surface area is 165 Å². The molecule has 0 atom stereocenters. The van der Waals surface area contributed by atoms with Gasteiger partial charge in [-0.05, 0) is 42.7 Å². The molecule has 1 amide bonds. The summed E-state index contributed by atoms with van der Waals surface area (Å²) in [6, 6.07) is 16.4. The molecule has 0 aliphatic heterocycles. The number of carbonyl (C=O) groups excluding carboxylic acids is 1. The van der Waals surface area contributed by atoms with Crippen molar-refractivity contribution in [3.05, 3.63) is 87.3 Å². The van der Waals surface area contributed by atoms with Gasteiger partial charge in [0, 0.05) is 6.07 Å². The van der Waals surface area contributed by atoms with Crippen LogP contribution in [0, 0.1) is 13.8 Å². The molecule has 0 bridgehead atoms. The van der Waals surface area contributed by atoms with E-state index in [1.807, 2.05) is 50.2 Å². The summed E-state index contributed by atoms with van der Waals surface area (Å²) in [7, 11) is 0. The molecular formula is C21H18N4O2S. The van der Waals surface area contributed by atoms with Gasteiger partial charge in [0.25, 0.3) is 11.5 Å². The number of aromatic nitrogens is 3. The first kappa shape index (κ1) is 18.1. The van der Waals surface area contributed by atoms with E-state index in [9.17, 15) is 9.59 Å². The highest BCUT2D eigenvalue weighted by atomic mass is 32.1. The fourth-order valence-corrected chi connectivity index (χ4v) is 4.06. The Balaban J connectivity index is 1.59. The Kier molecular flexibility index (Phi) is 4.75. The molecule has 7 heteroatoms. The molecule has 6 nitrogen and oxygen atoms in total. The number of rotatable bonds is 4. The van der Waals surface area contributed by atoms with Crippen molar-refractivity contribution in [3.63, 3.8) is 0 Å². The Morgan fingerprint density at radius 1 is 1.11 bits per heavy atom. The van der Waals surface area contributed by atoms with Crippen molar-refractivity contribution in [2.75, 3.05) is 5.32 Å².